The van der Waals surface area contributed by atoms with Gasteiger partial charge >= 0.3 is 6.18 Å². The Labute approximate surface area is 182 Å². The third kappa shape index (κ3) is 7.28. The SMILES string of the molecule is CCNC(=NCC(c1cccc(OC)c1)N1CCCC1)NC1CCN(CC(F)(F)F)C1. The summed E-state index contributed by atoms with van der Waals surface area (Å²) in [7, 11) is 1.67. The van der Waals surface area contributed by atoms with E-state index in [4.69, 9.17) is 9.73 Å². The van der Waals surface area contributed by atoms with Crippen LogP contribution < -0.4 is 15.4 Å². The van der Waals surface area contributed by atoms with Gasteiger partial charge in [-0.2, -0.15) is 13.2 Å². The van der Waals surface area contributed by atoms with Crippen LogP contribution in [-0.4, -0.2) is 80.9 Å². The molecule has 2 unspecified atom stereocenters. The molecule has 2 atom stereocenters. The van der Waals surface area contributed by atoms with Gasteiger partial charge in [-0.05, 0) is 57.0 Å². The number of hydrogen-bond acceptors (Lipinski definition) is 4. The zero-order valence-corrected chi connectivity index (χ0v) is 18.4. The van der Waals surface area contributed by atoms with Crippen molar-refractivity contribution in [1.82, 2.24) is 20.4 Å². The maximum atomic E-state index is 12.7. The van der Waals surface area contributed by atoms with Crippen LogP contribution in [0.4, 0.5) is 13.2 Å². The van der Waals surface area contributed by atoms with E-state index in [0.29, 0.717) is 38.6 Å². The maximum absolute atomic E-state index is 12.7. The Hall–Kier alpha value is -2.00. The molecule has 2 saturated heterocycles. The Balaban J connectivity index is 1.67. The maximum Gasteiger partial charge on any atom is 0.401 e. The van der Waals surface area contributed by atoms with Gasteiger partial charge in [0.2, 0.25) is 0 Å². The van der Waals surface area contributed by atoms with Gasteiger partial charge in [0, 0.05) is 25.7 Å². The van der Waals surface area contributed by atoms with Crippen molar-refractivity contribution in [1.29, 1.82) is 0 Å². The van der Waals surface area contributed by atoms with Gasteiger partial charge in [0.1, 0.15) is 5.75 Å². The lowest BCUT2D eigenvalue weighted by Crippen LogP contribution is -2.45. The molecule has 174 valence electrons. The average molecular weight is 442 g/mol. The molecule has 0 aliphatic carbocycles. The second-order valence-electron chi connectivity index (χ2n) is 8.24. The highest BCUT2D eigenvalue weighted by molar-refractivity contribution is 5.80. The summed E-state index contributed by atoms with van der Waals surface area (Å²) in [6.07, 6.45) is -1.13. The second kappa shape index (κ2) is 11.0. The predicted octanol–water partition coefficient (Wildman–Crippen LogP) is 3.02. The van der Waals surface area contributed by atoms with E-state index in [2.05, 4.69) is 27.7 Å². The molecular weight excluding hydrogens is 407 g/mol. The van der Waals surface area contributed by atoms with E-state index in [1.807, 2.05) is 19.1 Å². The Morgan fingerprint density at radius 3 is 2.71 bits per heavy atom. The first kappa shape index (κ1) is 23.7. The highest BCUT2D eigenvalue weighted by Gasteiger charge is 2.34. The first-order valence-electron chi connectivity index (χ1n) is 11.1. The molecular formula is C22H34F3N5O. The first-order valence-corrected chi connectivity index (χ1v) is 11.1. The fraction of sp³-hybridized carbons (Fsp3) is 0.682. The number of guanidine groups is 1. The van der Waals surface area contributed by atoms with E-state index in [9.17, 15) is 13.2 Å². The zero-order valence-electron chi connectivity index (χ0n) is 18.4. The van der Waals surface area contributed by atoms with Crippen molar-refractivity contribution in [2.75, 3.05) is 52.9 Å². The number of rotatable bonds is 8. The molecule has 2 aliphatic heterocycles. The third-order valence-corrected chi connectivity index (χ3v) is 5.84. The molecule has 0 spiro atoms. The number of nitrogens with one attached hydrogen (secondary N) is 2. The summed E-state index contributed by atoms with van der Waals surface area (Å²) in [6, 6.07) is 8.20. The fourth-order valence-corrected chi connectivity index (χ4v) is 4.37. The summed E-state index contributed by atoms with van der Waals surface area (Å²) in [5, 5.41) is 6.59. The molecule has 6 nitrogen and oxygen atoms in total. The van der Waals surface area contributed by atoms with Crippen molar-refractivity contribution in [3.8, 4) is 5.75 Å². The summed E-state index contributed by atoms with van der Waals surface area (Å²) >= 11 is 0. The van der Waals surface area contributed by atoms with E-state index < -0.39 is 12.7 Å². The minimum atomic E-state index is -4.16. The van der Waals surface area contributed by atoms with Crippen molar-refractivity contribution in [3.63, 3.8) is 0 Å². The highest BCUT2D eigenvalue weighted by atomic mass is 19.4. The van der Waals surface area contributed by atoms with Crippen LogP contribution in [0.15, 0.2) is 29.3 Å². The van der Waals surface area contributed by atoms with Crippen LogP contribution in [0.1, 0.15) is 37.8 Å². The van der Waals surface area contributed by atoms with Crippen molar-refractivity contribution in [3.05, 3.63) is 29.8 Å². The van der Waals surface area contributed by atoms with E-state index in [1.54, 1.807) is 7.11 Å². The molecule has 2 fully saturated rings. The number of ether oxygens (including phenoxy) is 1. The predicted molar refractivity (Wildman–Crippen MR) is 117 cm³/mol. The van der Waals surface area contributed by atoms with Gasteiger partial charge in [-0.15, -0.1) is 0 Å². The minimum absolute atomic E-state index is 0.0396. The van der Waals surface area contributed by atoms with Crippen molar-refractivity contribution in [2.45, 2.75) is 44.4 Å². The Kier molecular flexibility index (Phi) is 8.43. The van der Waals surface area contributed by atoms with Crippen LogP contribution >= 0.6 is 0 Å². The van der Waals surface area contributed by atoms with Crippen molar-refractivity contribution < 1.29 is 17.9 Å². The van der Waals surface area contributed by atoms with Gasteiger partial charge in [0.25, 0.3) is 0 Å². The van der Waals surface area contributed by atoms with Crippen LogP contribution in [0.5, 0.6) is 5.75 Å². The van der Waals surface area contributed by atoms with Crippen LogP contribution in [0.2, 0.25) is 0 Å². The summed E-state index contributed by atoms with van der Waals surface area (Å²) in [5.41, 5.74) is 1.16. The number of alkyl halides is 3. The second-order valence-corrected chi connectivity index (χ2v) is 8.24. The number of nitrogens with zero attached hydrogens (tertiary/aromatic N) is 3. The van der Waals surface area contributed by atoms with Gasteiger partial charge in [0.15, 0.2) is 5.96 Å². The summed E-state index contributed by atoms with van der Waals surface area (Å²) < 4.78 is 43.4. The van der Waals surface area contributed by atoms with E-state index in [1.165, 1.54) is 17.7 Å². The van der Waals surface area contributed by atoms with Crippen LogP contribution in [0.25, 0.3) is 0 Å². The summed E-state index contributed by atoms with van der Waals surface area (Å²) in [5.74, 6) is 1.49. The third-order valence-electron chi connectivity index (χ3n) is 5.84. The standard InChI is InChI=1S/C22H34F3N5O/c1-3-26-21(28-18-9-12-29(15-18)16-22(23,24)25)27-14-20(30-10-4-5-11-30)17-7-6-8-19(13-17)31-2/h6-8,13,18,20H,3-5,9-12,14-16H2,1-2H3,(H2,26,27,28). The topological polar surface area (TPSA) is 52.1 Å². The molecule has 0 aromatic heterocycles. The van der Waals surface area contributed by atoms with Crippen LogP contribution in [0, 0.1) is 0 Å². The van der Waals surface area contributed by atoms with Gasteiger partial charge in [-0.25, -0.2) is 0 Å². The molecule has 2 aliphatic rings. The molecule has 0 saturated carbocycles. The fourth-order valence-electron chi connectivity index (χ4n) is 4.37. The monoisotopic (exact) mass is 441 g/mol. The number of halogens is 3. The number of aliphatic imine (C=N–C) groups is 1. The lowest BCUT2D eigenvalue weighted by molar-refractivity contribution is -0.143. The molecule has 0 amide bonds. The number of methoxy groups -OCH3 is 1. The van der Waals surface area contributed by atoms with Crippen LogP contribution in [-0.2, 0) is 0 Å². The number of hydrogen-bond donors (Lipinski definition) is 2. The molecule has 2 N–H and O–H groups in total. The largest absolute Gasteiger partial charge is 0.497 e. The van der Waals surface area contributed by atoms with E-state index >= 15 is 0 Å². The molecule has 0 radical (unpaired) electrons. The zero-order chi connectivity index (χ0) is 22.3. The molecule has 1 aromatic carbocycles. The van der Waals surface area contributed by atoms with Gasteiger partial charge in [0.05, 0.1) is 26.2 Å². The molecule has 2 heterocycles. The average Bonchev–Trinajstić information content (AvgIpc) is 3.40. The highest BCUT2D eigenvalue weighted by Crippen LogP contribution is 2.28. The Morgan fingerprint density at radius 1 is 1.26 bits per heavy atom. The van der Waals surface area contributed by atoms with Gasteiger partial charge in [-0.3, -0.25) is 14.8 Å². The first-order chi connectivity index (χ1) is 14.9. The molecule has 1 aromatic rings. The summed E-state index contributed by atoms with van der Waals surface area (Å²) in [4.78, 5) is 8.72. The smallest absolute Gasteiger partial charge is 0.401 e. The molecule has 0 bridgehead atoms. The van der Waals surface area contributed by atoms with Crippen LogP contribution in [0.3, 0.4) is 0 Å². The lowest BCUT2D eigenvalue weighted by atomic mass is 10.1. The van der Waals surface area contributed by atoms with Gasteiger partial charge < -0.3 is 15.4 Å². The van der Waals surface area contributed by atoms with E-state index in [0.717, 1.165) is 24.4 Å². The van der Waals surface area contributed by atoms with Crippen molar-refractivity contribution >= 4 is 5.96 Å². The number of likely N-dealkylation sites (tertiary alicyclic amines) is 2. The quantitative estimate of drug-likeness (QED) is 0.480. The van der Waals surface area contributed by atoms with Crippen molar-refractivity contribution in [2.24, 2.45) is 4.99 Å². The Bertz CT molecular complexity index is 721. The summed E-state index contributed by atoms with van der Waals surface area (Å²) in [6.45, 7) is 5.28. The minimum Gasteiger partial charge on any atom is -0.497 e. The van der Waals surface area contributed by atoms with Gasteiger partial charge in [-0.1, -0.05) is 12.1 Å². The Morgan fingerprint density at radius 2 is 2.03 bits per heavy atom. The number of benzene rings is 1. The normalized spacial score (nSPS) is 22.0. The molecule has 31 heavy (non-hydrogen) atoms. The molecule has 3 rings (SSSR count). The van der Waals surface area contributed by atoms with E-state index in [-0.39, 0.29) is 12.1 Å². The lowest BCUT2D eigenvalue weighted by Gasteiger charge is -2.27. The molecule has 9 heteroatoms.